The van der Waals surface area contributed by atoms with E-state index >= 15 is 0 Å². The Morgan fingerprint density at radius 2 is 2.03 bits per heavy atom. The molecular formula is C26H31N7O2. The third kappa shape index (κ3) is 4.80. The number of aromatic nitrogens is 4. The van der Waals surface area contributed by atoms with E-state index in [1.54, 1.807) is 0 Å². The van der Waals surface area contributed by atoms with Gasteiger partial charge in [0, 0.05) is 41.2 Å². The highest BCUT2D eigenvalue weighted by Crippen LogP contribution is 2.44. The van der Waals surface area contributed by atoms with Crippen molar-refractivity contribution in [2.75, 3.05) is 17.7 Å². The third-order valence-corrected chi connectivity index (χ3v) is 6.36. The number of hydrogen-bond donors (Lipinski definition) is 4. The van der Waals surface area contributed by atoms with E-state index in [-0.39, 0.29) is 12.1 Å². The van der Waals surface area contributed by atoms with Crippen molar-refractivity contribution in [1.29, 1.82) is 0 Å². The second-order valence-electron chi connectivity index (χ2n) is 9.26. The van der Waals surface area contributed by atoms with Crippen molar-refractivity contribution in [3.05, 3.63) is 54.6 Å². The number of rotatable bonds is 8. The lowest BCUT2D eigenvalue weighted by Crippen LogP contribution is -2.34. The molecule has 5 rings (SSSR count). The Bertz CT molecular complexity index is 1310. The van der Waals surface area contributed by atoms with Gasteiger partial charge in [-0.15, -0.1) is 0 Å². The summed E-state index contributed by atoms with van der Waals surface area (Å²) in [5, 5.41) is 13.5. The molecule has 35 heavy (non-hydrogen) atoms. The Labute approximate surface area is 204 Å². The van der Waals surface area contributed by atoms with Crippen LogP contribution in [0.2, 0.25) is 0 Å². The van der Waals surface area contributed by atoms with Crippen molar-refractivity contribution >= 4 is 28.3 Å². The molecular weight excluding hydrogens is 442 g/mol. The average Bonchev–Trinajstić information content (AvgIpc) is 3.40. The molecule has 2 heterocycles. The van der Waals surface area contributed by atoms with E-state index in [9.17, 15) is 4.79 Å². The van der Waals surface area contributed by atoms with Crippen LogP contribution in [0.25, 0.3) is 22.2 Å². The van der Waals surface area contributed by atoms with Crippen LogP contribution in [0, 0.1) is 0 Å². The lowest BCUT2D eigenvalue weighted by Gasteiger charge is -2.30. The van der Waals surface area contributed by atoms with Gasteiger partial charge in [-0.25, -0.2) is 9.78 Å². The molecule has 0 unspecified atom stereocenters. The van der Waals surface area contributed by atoms with Crippen LogP contribution >= 0.6 is 0 Å². The summed E-state index contributed by atoms with van der Waals surface area (Å²) in [5.41, 5.74) is 11.3. The molecule has 0 radical (unpaired) electrons. The van der Waals surface area contributed by atoms with Gasteiger partial charge in [0.05, 0.1) is 23.5 Å². The molecule has 5 N–H and O–H groups in total. The fourth-order valence-electron chi connectivity index (χ4n) is 4.48. The summed E-state index contributed by atoms with van der Waals surface area (Å²) in [5.74, 6) is 1.60. The van der Waals surface area contributed by atoms with Crippen LogP contribution < -0.4 is 21.1 Å². The SMILES string of the molecule is CC(C)NC(=O)Nc1ccc(-c2c(N)c3ccc(OCCc4ncn[nH]4)cc3n2C2CCC2)cc1. The number of carbonyl (C=O) groups excluding carboxylic acids is 1. The van der Waals surface area contributed by atoms with Crippen LogP contribution in [0.5, 0.6) is 5.75 Å². The highest BCUT2D eigenvalue weighted by molar-refractivity contribution is 6.02. The number of carbonyl (C=O) groups is 1. The van der Waals surface area contributed by atoms with Crippen LogP contribution in [0.3, 0.4) is 0 Å². The Balaban J connectivity index is 1.43. The Morgan fingerprint density at radius 3 is 2.69 bits per heavy atom. The molecule has 0 aliphatic heterocycles. The number of anilines is 2. The fourth-order valence-corrected chi connectivity index (χ4v) is 4.48. The molecule has 0 saturated heterocycles. The first kappa shape index (κ1) is 22.8. The van der Waals surface area contributed by atoms with E-state index in [1.807, 2.05) is 50.2 Å². The van der Waals surface area contributed by atoms with Gasteiger partial charge in [0.2, 0.25) is 0 Å². The molecule has 0 bridgehead atoms. The zero-order chi connectivity index (χ0) is 24.4. The quantitative estimate of drug-likeness (QED) is 0.290. The predicted molar refractivity (Wildman–Crippen MR) is 138 cm³/mol. The minimum absolute atomic E-state index is 0.0725. The standard InChI is InChI=1S/C26H31N7O2/c1-16(2)30-26(34)31-18-8-6-17(7-9-18)25-24(27)21-11-10-20(35-13-12-23-28-15-29-32-23)14-22(21)33(25)19-4-3-5-19/h6-11,14-16,19H,3-5,12-13,27H2,1-2H3,(H,28,29,32)(H2,30,31,34). The number of ether oxygens (including phenoxy) is 1. The molecule has 0 atom stereocenters. The fraction of sp³-hybridized carbons (Fsp3) is 0.346. The predicted octanol–water partition coefficient (Wildman–Crippen LogP) is 4.89. The van der Waals surface area contributed by atoms with E-state index in [4.69, 9.17) is 10.5 Å². The molecule has 2 amide bonds. The number of nitrogens with two attached hydrogens (primary N) is 1. The van der Waals surface area contributed by atoms with Crippen molar-refractivity contribution in [2.24, 2.45) is 0 Å². The summed E-state index contributed by atoms with van der Waals surface area (Å²) < 4.78 is 8.39. The molecule has 182 valence electrons. The lowest BCUT2D eigenvalue weighted by molar-refractivity contribution is 0.250. The normalized spacial score (nSPS) is 13.7. The Hall–Kier alpha value is -4.01. The zero-order valence-corrected chi connectivity index (χ0v) is 20.0. The summed E-state index contributed by atoms with van der Waals surface area (Å²) in [7, 11) is 0. The average molecular weight is 474 g/mol. The van der Waals surface area contributed by atoms with Crippen molar-refractivity contribution in [3.8, 4) is 17.0 Å². The largest absolute Gasteiger partial charge is 0.493 e. The summed E-state index contributed by atoms with van der Waals surface area (Å²) in [6, 6.07) is 14.2. The summed E-state index contributed by atoms with van der Waals surface area (Å²) >= 11 is 0. The van der Waals surface area contributed by atoms with Gasteiger partial charge >= 0.3 is 6.03 Å². The Kier molecular flexibility index (Phi) is 6.31. The maximum absolute atomic E-state index is 12.0. The number of nitrogen functional groups attached to an aromatic ring is 1. The summed E-state index contributed by atoms with van der Waals surface area (Å²) in [6.07, 6.45) is 5.62. The second kappa shape index (κ2) is 9.69. The number of benzene rings is 2. The van der Waals surface area contributed by atoms with Gasteiger partial charge in [-0.2, -0.15) is 5.10 Å². The highest BCUT2D eigenvalue weighted by Gasteiger charge is 2.27. The number of hydrogen-bond acceptors (Lipinski definition) is 5. The molecule has 9 heteroatoms. The van der Waals surface area contributed by atoms with E-state index in [0.29, 0.717) is 19.1 Å². The number of aromatic amines is 1. The highest BCUT2D eigenvalue weighted by atomic mass is 16.5. The summed E-state index contributed by atoms with van der Waals surface area (Å²) in [4.78, 5) is 16.2. The molecule has 4 aromatic rings. The van der Waals surface area contributed by atoms with Crippen molar-refractivity contribution in [3.63, 3.8) is 0 Å². The first-order valence-corrected chi connectivity index (χ1v) is 12.1. The van der Waals surface area contributed by atoms with Gasteiger partial charge < -0.3 is 25.7 Å². The Morgan fingerprint density at radius 1 is 1.23 bits per heavy atom. The molecule has 2 aromatic heterocycles. The van der Waals surface area contributed by atoms with Crippen molar-refractivity contribution in [2.45, 2.75) is 51.6 Å². The molecule has 1 aliphatic carbocycles. The van der Waals surface area contributed by atoms with Gasteiger partial charge in [0.25, 0.3) is 0 Å². The third-order valence-electron chi connectivity index (χ3n) is 6.36. The number of amides is 2. The van der Waals surface area contributed by atoms with E-state index in [2.05, 4.69) is 36.4 Å². The van der Waals surface area contributed by atoms with Crippen LogP contribution in [0.4, 0.5) is 16.2 Å². The second-order valence-corrected chi connectivity index (χ2v) is 9.26. The maximum atomic E-state index is 12.0. The van der Waals surface area contributed by atoms with Crippen LogP contribution in [0.15, 0.2) is 48.8 Å². The summed E-state index contributed by atoms with van der Waals surface area (Å²) in [6.45, 7) is 4.36. The minimum atomic E-state index is -0.216. The van der Waals surface area contributed by atoms with Crippen LogP contribution in [-0.2, 0) is 6.42 Å². The first-order chi connectivity index (χ1) is 17.0. The van der Waals surface area contributed by atoms with Crippen LogP contribution in [0.1, 0.15) is 45.0 Å². The molecule has 1 fully saturated rings. The minimum Gasteiger partial charge on any atom is -0.493 e. The zero-order valence-electron chi connectivity index (χ0n) is 20.0. The molecule has 2 aromatic carbocycles. The van der Waals surface area contributed by atoms with E-state index in [0.717, 1.165) is 58.0 Å². The van der Waals surface area contributed by atoms with Gasteiger partial charge in [-0.3, -0.25) is 5.10 Å². The van der Waals surface area contributed by atoms with Gasteiger partial charge in [0.1, 0.15) is 17.9 Å². The van der Waals surface area contributed by atoms with Crippen molar-refractivity contribution < 1.29 is 9.53 Å². The maximum Gasteiger partial charge on any atom is 0.319 e. The number of nitrogens with one attached hydrogen (secondary N) is 3. The van der Waals surface area contributed by atoms with E-state index < -0.39 is 0 Å². The molecule has 1 aliphatic rings. The first-order valence-electron chi connectivity index (χ1n) is 12.1. The number of nitrogens with zero attached hydrogens (tertiary/aromatic N) is 3. The molecule has 0 spiro atoms. The van der Waals surface area contributed by atoms with E-state index in [1.165, 1.54) is 12.7 Å². The topological polar surface area (TPSA) is 123 Å². The lowest BCUT2D eigenvalue weighted by atomic mass is 9.92. The van der Waals surface area contributed by atoms with Crippen LogP contribution in [-0.4, -0.2) is 38.4 Å². The molecule has 1 saturated carbocycles. The van der Waals surface area contributed by atoms with Gasteiger partial charge in [-0.05, 0) is 57.4 Å². The number of H-pyrrole nitrogens is 1. The number of urea groups is 1. The smallest absolute Gasteiger partial charge is 0.319 e. The van der Waals surface area contributed by atoms with Gasteiger partial charge in [0.15, 0.2) is 0 Å². The molecule has 9 nitrogen and oxygen atoms in total. The number of fused-ring (bicyclic) bond motifs is 1. The van der Waals surface area contributed by atoms with Gasteiger partial charge in [-0.1, -0.05) is 12.1 Å². The van der Waals surface area contributed by atoms with Crippen molar-refractivity contribution in [1.82, 2.24) is 25.1 Å². The monoisotopic (exact) mass is 473 g/mol.